The standard InChI is InChI=1S/C25H30N4/c1-3-7-21(8-4-1)20-28-17-15-27(16-18-28)14-13-22-11-12-25-24(22)19-26-29(25)23-9-5-2-6-10-23/h1-10,19,22H,11-18,20H2. The molecule has 1 aromatic heterocycles. The van der Waals surface area contributed by atoms with Crippen LogP contribution < -0.4 is 0 Å². The molecule has 5 rings (SSSR count). The normalized spacial score (nSPS) is 20.1. The van der Waals surface area contributed by atoms with Gasteiger partial charge >= 0.3 is 0 Å². The zero-order valence-corrected chi connectivity index (χ0v) is 17.1. The molecule has 0 spiro atoms. The third-order valence-electron chi connectivity index (χ3n) is 6.58. The first-order valence-electron chi connectivity index (χ1n) is 11.0. The first-order valence-corrected chi connectivity index (χ1v) is 11.0. The first kappa shape index (κ1) is 18.6. The fourth-order valence-electron chi connectivity index (χ4n) is 4.89. The number of hydrogen-bond donors (Lipinski definition) is 0. The molecule has 0 saturated carbocycles. The zero-order valence-electron chi connectivity index (χ0n) is 17.1. The maximum Gasteiger partial charge on any atom is 0.0648 e. The molecule has 0 amide bonds. The second-order valence-electron chi connectivity index (χ2n) is 8.42. The second kappa shape index (κ2) is 8.52. The summed E-state index contributed by atoms with van der Waals surface area (Å²) in [6.07, 6.45) is 5.80. The Kier molecular flexibility index (Phi) is 5.46. The van der Waals surface area contributed by atoms with Crippen LogP contribution in [0.15, 0.2) is 66.9 Å². The van der Waals surface area contributed by atoms with Gasteiger partial charge in [0, 0.05) is 38.4 Å². The van der Waals surface area contributed by atoms with E-state index in [1.165, 1.54) is 68.1 Å². The van der Waals surface area contributed by atoms with Crippen LogP contribution in [0.4, 0.5) is 0 Å². The van der Waals surface area contributed by atoms with Gasteiger partial charge in [0.2, 0.25) is 0 Å². The maximum atomic E-state index is 4.70. The van der Waals surface area contributed by atoms with Gasteiger partial charge in [-0.05, 0) is 55.0 Å². The Bertz CT molecular complexity index is 911. The Balaban J connectivity index is 1.13. The van der Waals surface area contributed by atoms with Crippen molar-refractivity contribution in [1.29, 1.82) is 0 Å². The molecule has 1 unspecified atom stereocenters. The largest absolute Gasteiger partial charge is 0.301 e. The third-order valence-corrected chi connectivity index (χ3v) is 6.58. The summed E-state index contributed by atoms with van der Waals surface area (Å²) in [5.74, 6) is 0.671. The molecule has 2 aliphatic rings. The summed E-state index contributed by atoms with van der Waals surface area (Å²) in [5, 5.41) is 4.70. The molecule has 2 aromatic carbocycles. The second-order valence-corrected chi connectivity index (χ2v) is 8.42. The van der Waals surface area contributed by atoms with Crippen LogP contribution in [-0.2, 0) is 13.0 Å². The summed E-state index contributed by atoms with van der Waals surface area (Å²) in [5.41, 5.74) is 5.52. The van der Waals surface area contributed by atoms with E-state index in [-0.39, 0.29) is 0 Å². The van der Waals surface area contributed by atoms with Crippen molar-refractivity contribution in [3.05, 3.63) is 83.7 Å². The lowest BCUT2D eigenvalue weighted by Crippen LogP contribution is -2.46. The number of aromatic nitrogens is 2. The number of para-hydroxylation sites is 1. The predicted molar refractivity (Wildman–Crippen MR) is 117 cm³/mol. The van der Waals surface area contributed by atoms with Crippen molar-refractivity contribution in [2.24, 2.45) is 0 Å². The average molecular weight is 387 g/mol. The van der Waals surface area contributed by atoms with Gasteiger partial charge in [0.05, 0.1) is 11.9 Å². The molecule has 4 heteroatoms. The lowest BCUT2D eigenvalue weighted by Gasteiger charge is -2.35. The fourth-order valence-corrected chi connectivity index (χ4v) is 4.89. The van der Waals surface area contributed by atoms with Gasteiger partial charge in [0.15, 0.2) is 0 Å². The molecule has 2 heterocycles. The van der Waals surface area contributed by atoms with Crippen molar-refractivity contribution in [3.63, 3.8) is 0 Å². The quantitative estimate of drug-likeness (QED) is 0.637. The number of hydrogen-bond acceptors (Lipinski definition) is 3. The molecule has 29 heavy (non-hydrogen) atoms. The van der Waals surface area contributed by atoms with E-state index in [4.69, 9.17) is 5.10 Å². The van der Waals surface area contributed by atoms with Crippen LogP contribution in [0.5, 0.6) is 0 Å². The lowest BCUT2D eigenvalue weighted by atomic mass is 10.00. The minimum absolute atomic E-state index is 0.671. The molecule has 1 aliphatic carbocycles. The van der Waals surface area contributed by atoms with Gasteiger partial charge in [0.1, 0.15) is 0 Å². The van der Waals surface area contributed by atoms with Gasteiger partial charge in [0.25, 0.3) is 0 Å². The van der Waals surface area contributed by atoms with Crippen LogP contribution in [-0.4, -0.2) is 52.3 Å². The molecule has 0 radical (unpaired) electrons. The zero-order chi connectivity index (χ0) is 19.5. The molecule has 0 N–H and O–H groups in total. The van der Waals surface area contributed by atoms with Crippen molar-refractivity contribution in [1.82, 2.24) is 19.6 Å². The van der Waals surface area contributed by atoms with E-state index in [1.54, 1.807) is 0 Å². The number of fused-ring (bicyclic) bond motifs is 1. The lowest BCUT2D eigenvalue weighted by molar-refractivity contribution is 0.124. The van der Waals surface area contributed by atoms with Gasteiger partial charge in [-0.3, -0.25) is 4.90 Å². The van der Waals surface area contributed by atoms with Crippen molar-refractivity contribution < 1.29 is 0 Å². The molecule has 1 saturated heterocycles. The molecular formula is C25H30N4. The minimum atomic E-state index is 0.671. The van der Waals surface area contributed by atoms with Crippen molar-refractivity contribution >= 4 is 0 Å². The van der Waals surface area contributed by atoms with E-state index < -0.39 is 0 Å². The number of benzene rings is 2. The third kappa shape index (κ3) is 4.14. The van der Waals surface area contributed by atoms with Gasteiger partial charge < -0.3 is 4.90 Å². The highest BCUT2D eigenvalue weighted by Crippen LogP contribution is 2.36. The van der Waals surface area contributed by atoms with Gasteiger partial charge in [-0.1, -0.05) is 48.5 Å². The van der Waals surface area contributed by atoms with E-state index in [1.807, 2.05) is 0 Å². The van der Waals surface area contributed by atoms with Gasteiger partial charge in [-0.15, -0.1) is 0 Å². The molecule has 1 fully saturated rings. The summed E-state index contributed by atoms with van der Waals surface area (Å²) in [7, 11) is 0. The summed E-state index contributed by atoms with van der Waals surface area (Å²) >= 11 is 0. The maximum absolute atomic E-state index is 4.70. The fraction of sp³-hybridized carbons (Fsp3) is 0.400. The van der Waals surface area contributed by atoms with Gasteiger partial charge in [-0.25, -0.2) is 4.68 Å². The molecule has 1 atom stereocenters. The van der Waals surface area contributed by atoms with Crippen molar-refractivity contribution in [3.8, 4) is 5.69 Å². The first-order chi connectivity index (χ1) is 14.4. The van der Waals surface area contributed by atoms with Crippen LogP contribution in [0.1, 0.15) is 35.6 Å². The highest BCUT2D eigenvalue weighted by Gasteiger charge is 2.28. The summed E-state index contributed by atoms with van der Waals surface area (Å²) in [6, 6.07) is 21.4. The molecule has 1 aliphatic heterocycles. The number of rotatable bonds is 6. The molecule has 4 nitrogen and oxygen atoms in total. The predicted octanol–water partition coefficient (Wildman–Crippen LogP) is 4.11. The summed E-state index contributed by atoms with van der Waals surface area (Å²) < 4.78 is 2.15. The van der Waals surface area contributed by atoms with E-state index in [0.29, 0.717) is 5.92 Å². The number of piperazine rings is 1. The smallest absolute Gasteiger partial charge is 0.0648 e. The highest BCUT2D eigenvalue weighted by molar-refractivity contribution is 5.38. The van der Waals surface area contributed by atoms with Crippen LogP contribution >= 0.6 is 0 Å². The van der Waals surface area contributed by atoms with Crippen LogP contribution in [0, 0.1) is 0 Å². The summed E-state index contributed by atoms with van der Waals surface area (Å²) in [6.45, 7) is 7.03. The van der Waals surface area contributed by atoms with E-state index in [0.717, 1.165) is 13.0 Å². The molecule has 3 aromatic rings. The van der Waals surface area contributed by atoms with Crippen molar-refractivity contribution in [2.45, 2.75) is 31.7 Å². The van der Waals surface area contributed by atoms with Crippen molar-refractivity contribution in [2.75, 3.05) is 32.7 Å². The van der Waals surface area contributed by atoms with E-state index in [9.17, 15) is 0 Å². The molecule has 150 valence electrons. The average Bonchev–Trinajstić information content (AvgIpc) is 3.37. The SMILES string of the molecule is c1ccc(CN2CCN(CCC3CCc4c3cnn4-c3ccccc3)CC2)cc1. The molecule has 0 bridgehead atoms. The monoisotopic (exact) mass is 386 g/mol. The Morgan fingerprint density at radius 3 is 2.28 bits per heavy atom. The topological polar surface area (TPSA) is 24.3 Å². The Morgan fingerprint density at radius 2 is 1.52 bits per heavy atom. The van der Waals surface area contributed by atoms with E-state index >= 15 is 0 Å². The van der Waals surface area contributed by atoms with Crippen LogP contribution in [0.3, 0.4) is 0 Å². The van der Waals surface area contributed by atoms with Crippen LogP contribution in [0.25, 0.3) is 5.69 Å². The minimum Gasteiger partial charge on any atom is -0.301 e. The van der Waals surface area contributed by atoms with Crippen LogP contribution in [0.2, 0.25) is 0 Å². The Labute approximate surface area is 173 Å². The van der Waals surface area contributed by atoms with Gasteiger partial charge in [-0.2, -0.15) is 5.10 Å². The molecular weight excluding hydrogens is 356 g/mol. The summed E-state index contributed by atoms with van der Waals surface area (Å²) in [4.78, 5) is 5.24. The Hall–Kier alpha value is -2.43. The highest BCUT2D eigenvalue weighted by atomic mass is 15.3. The number of nitrogens with zero attached hydrogens (tertiary/aromatic N) is 4. The Morgan fingerprint density at radius 1 is 0.828 bits per heavy atom. The van der Waals surface area contributed by atoms with E-state index in [2.05, 4.69) is 81.3 Å².